The van der Waals surface area contributed by atoms with Gasteiger partial charge in [-0.05, 0) is 25.1 Å². The molecule has 1 aromatic rings. The van der Waals surface area contributed by atoms with Crippen molar-refractivity contribution in [1.82, 2.24) is 0 Å². The molecule has 21 heavy (non-hydrogen) atoms. The van der Waals surface area contributed by atoms with Crippen molar-refractivity contribution in [2.75, 3.05) is 11.5 Å². The number of aliphatic imine (C=N–C) groups is 2. The summed E-state index contributed by atoms with van der Waals surface area (Å²) in [5.74, 6) is -0.172. The fourth-order valence-electron chi connectivity index (χ4n) is 1.84. The highest BCUT2D eigenvalue weighted by Gasteiger charge is 2.32. The Hall–Kier alpha value is -2.29. The summed E-state index contributed by atoms with van der Waals surface area (Å²) in [6.07, 6.45) is -5.41. The van der Waals surface area contributed by atoms with E-state index in [1.54, 1.807) is 6.92 Å². The van der Waals surface area contributed by atoms with E-state index in [4.69, 9.17) is 16.2 Å². The molecule has 0 fully saturated rings. The molecule has 6 nitrogen and oxygen atoms in total. The maximum absolute atomic E-state index is 12.8. The van der Waals surface area contributed by atoms with Crippen molar-refractivity contribution in [1.29, 1.82) is 0 Å². The van der Waals surface area contributed by atoms with Gasteiger partial charge in [-0.3, -0.25) is 4.90 Å². The number of ether oxygens (including phenoxy) is 1. The normalized spacial score (nSPS) is 19.2. The molecule has 1 atom stereocenters. The highest BCUT2D eigenvalue weighted by molar-refractivity contribution is 6.04. The van der Waals surface area contributed by atoms with Crippen LogP contribution in [0.5, 0.6) is 0 Å². The molecule has 1 aliphatic heterocycles. The van der Waals surface area contributed by atoms with Crippen LogP contribution in [0.15, 0.2) is 34.3 Å². The first-order valence-electron chi connectivity index (χ1n) is 6.08. The van der Waals surface area contributed by atoms with Crippen molar-refractivity contribution >= 4 is 17.6 Å². The van der Waals surface area contributed by atoms with Crippen LogP contribution < -0.4 is 16.4 Å². The van der Waals surface area contributed by atoms with E-state index < -0.39 is 18.1 Å². The van der Waals surface area contributed by atoms with Gasteiger partial charge in [-0.1, -0.05) is 6.07 Å². The summed E-state index contributed by atoms with van der Waals surface area (Å²) in [5, 5.41) is 0. The SMILES string of the molecule is CCOC1N=C(N)N=C(N)N1c1cccc(C(F)(F)F)c1. The van der Waals surface area contributed by atoms with E-state index in [2.05, 4.69) is 9.98 Å². The summed E-state index contributed by atoms with van der Waals surface area (Å²) in [6, 6.07) is 4.65. The highest BCUT2D eigenvalue weighted by atomic mass is 19.4. The summed E-state index contributed by atoms with van der Waals surface area (Å²) in [4.78, 5) is 8.92. The van der Waals surface area contributed by atoms with E-state index in [1.807, 2.05) is 0 Å². The van der Waals surface area contributed by atoms with Gasteiger partial charge in [-0.2, -0.15) is 23.2 Å². The molecule has 0 spiro atoms. The predicted octanol–water partition coefficient (Wildman–Crippen LogP) is 1.47. The van der Waals surface area contributed by atoms with Crippen molar-refractivity contribution in [2.45, 2.75) is 19.5 Å². The van der Waals surface area contributed by atoms with E-state index in [9.17, 15) is 13.2 Å². The Balaban J connectivity index is 2.41. The lowest BCUT2D eigenvalue weighted by Crippen LogP contribution is -2.49. The van der Waals surface area contributed by atoms with E-state index in [0.29, 0.717) is 0 Å². The number of alkyl halides is 3. The number of hydrogen-bond acceptors (Lipinski definition) is 6. The van der Waals surface area contributed by atoms with Gasteiger partial charge in [-0.25, -0.2) is 0 Å². The smallest absolute Gasteiger partial charge is 0.369 e. The predicted molar refractivity (Wildman–Crippen MR) is 72.6 cm³/mol. The molecular weight excluding hydrogens is 287 g/mol. The number of anilines is 1. The van der Waals surface area contributed by atoms with E-state index >= 15 is 0 Å². The molecule has 2 rings (SSSR count). The molecular formula is C12H14F3N5O. The van der Waals surface area contributed by atoms with Gasteiger partial charge in [0, 0.05) is 12.3 Å². The zero-order valence-corrected chi connectivity index (χ0v) is 11.1. The Morgan fingerprint density at radius 1 is 1.33 bits per heavy atom. The molecule has 114 valence electrons. The number of nitrogens with zero attached hydrogens (tertiary/aromatic N) is 3. The van der Waals surface area contributed by atoms with Gasteiger partial charge >= 0.3 is 6.18 Å². The Labute approximate surface area is 118 Å². The Morgan fingerprint density at radius 2 is 2.05 bits per heavy atom. The van der Waals surface area contributed by atoms with Crippen molar-refractivity contribution in [3.63, 3.8) is 0 Å². The summed E-state index contributed by atoms with van der Waals surface area (Å²) < 4.78 is 43.7. The summed E-state index contributed by atoms with van der Waals surface area (Å²) in [6.45, 7) is 2.00. The van der Waals surface area contributed by atoms with E-state index in [1.165, 1.54) is 17.0 Å². The largest absolute Gasteiger partial charge is 0.416 e. The third kappa shape index (κ3) is 3.24. The second kappa shape index (κ2) is 5.60. The monoisotopic (exact) mass is 301 g/mol. The van der Waals surface area contributed by atoms with Crippen LogP contribution in [-0.4, -0.2) is 24.9 Å². The molecule has 9 heteroatoms. The Kier molecular flexibility index (Phi) is 4.03. The van der Waals surface area contributed by atoms with Gasteiger partial charge in [0.1, 0.15) is 0 Å². The molecule has 1 heterocycles. The molecule has 0 bridgehead atoms. The minimum atomic E-state index is -4.46. The molecule has 4 N–H and O–H groups in total. The lowest BCUT2D eigenvalue weighted by Gasteiger charge is -2.32. The van der Waals surface area contributed by atoms with Crippen LogP contribution >= 0.6 is 0 Å². The second-order valence-corrected chi connectivity index (χ2v) is 4.16. The minimum Gasteiger partial charge on any atom is -0.369 e. The summed E-state index contributed by atoms with van der Waals surface area (Å²) in [5.41, 5.74) is 10.6. The van der Waals surface area contributed by atoms with Crippen molar-refractivity contribution in [3.05, 3.63) is 29.8 Å². The number of benzene rings is 1. The van der Waals surface area contributed by atoms with E-state index in [0.717, 1.165) is 12.1 Å². The standard InChI is InChI=1S/C12H14F3N5O/c1-2-21-11-19-9(16)18-10(17)20(11)8-5-3-4-7(6-8)12(13,14)15/h3-6,11H,2H2,1H3,(H4,16,17,18,19). The maximum atomic E-state index is 12.8. The van der Waals surface area contributed by atoms with Gasteiger partial charge in [0.2, 0.25) is 18.3 Å². The lowest BCUT2D eigenvalue weighted by atomic mass is 10.2. The first kappa shape index (κ1) is 15.1. The van der Waals surface area contributed by atoms with Crippen molar-refractivity contribution < 1.29 is 17.9 Å². The third-order valence-corrected chi connectivity index (χ3v) is 2.71. The molecule has 0 saturated heterocycles. The first-order chi connectivity index (χ1) is 9.82. The topological polar surface area (TPSA) is 89.2 Å². The molecule has 0 aliphatic carbocycles. The Bertz CT molecular complexity index is 585. The molecule has 1 aliphatic rings. The first-order valence-corrected chi connectivity index (χ1v) is 6.08. The zero-order valence-electron chi connectivity index (χ0n) is 11.1. The second-order valence-electron chi connectivity index (χ2n) is 4.16. The van der Waals surface area contributed by atoms with Gasteiger partial charge in [0.15, 0.2) is 0 Å². The average Bonchev–Trinajstić information content (AvgIpc) is 2.37. The van der Waals surface area contributed by atoms with E-state index in [-0.39, 0.29) is 24.2 Å². The number of nitrogens with two attached hydrogens (primary N) is 2. The van der Waals surface area contributed by atoms with Crippen LogP contribution in [0.1, 0.15) is 12.5 Å². The van der Waals surface area contributed by atoms with Crippen molar-refractivity contribution in [3.8, 4) is 0 Å². The lowest BCUT2D eigenvalue weighted by molar-refractivity contribution is -0.137. The minimum absolute atomic E-state index is 0.0831. The van der Waals surface area contributed by atoms with Crippen LogP contribution in [-0.2, 0) is 10.9 Å². The fraction of sp³-hybridized carbons (Fsp3) is 0.333. The average molecular weight is 301 g/mol. The van der Waals surface area contributed by atoms with Gasteiger partial charge in [0.05, 0.1) is 5.56 Å². The molecule has 1 aromatic carbocycles. The van der Waals surface area contributed by atoms with Gasteiger partial charge in [-0.15, -0.1) is 0 Å². The molecule has 0 saturated carbocycles. The molecule has 1 unspecified atom stereocenters. The van der Waals surface area contributed by atoms with Crippen LogP contribution in [0, 0.1) is 0 Å². The number of rotatable bonds is 3. The van der Waals surface area contributed by atoms with Crippen LogP contribution in [0.2, 0.25) is 0 Å². The number of guanidine groups is 2. The van der Waals surface area contributed by atoms with Gasteiger partial charge < -0.3 is 16.2 Å². The number of halogens is 3. The van der Waals surface area contributed by atoms with Crippen molar-refractivity contribution in [2.24, 2.45) is 21.5 Å². The Morgan fingerprint density at radius 3 is 2.67 bits per heavy atom. The molecule has 0 radical (unpaired) electrons. The maximum Gasteiger partial charge on any atom is 0.416 e. The fourth-order valence-corrected chi connectivity index (χ4v) is 1.84. The number of hydrogen-bond donors (Lipinski definition) is 2. The highest BCUT2D eigenvalue weighted by Crippen LogP contribution is 2.32. The van der Waals surface area contributed by atoms with Crippen LogP contribution in [0.4, 0.5) is 18.9 Å². The summed E-state index contributed by atoms with van der Waals surface area (Å²) in [7, 11) is 0. The summed E-state index contributed by atoms with van der Waals surface area (Å²) >= 11 is 0. The zero-order chi connectivity index (χ0) is 15.6. The van der Waals surface area contributed by atoms with Crippen LogP contribution in [0.25, 0.3) is 0 Å². The quantitative estimate of drug-likeness (QED) is 0.885. The van der Waals surface area contributed by atoms with Gasteiger partial charge in [0.25, 0.3) is 0 Å². The molecule has 0 amide bonds. The third-order valence-electron chi connectivity index (χ3n) is 2.71. The van der Waals surface area contributed by atoms with Crippen LogP contribution in [0.3, 0.4) is 0 Å². The molecule has 0 aromatic heterocycles.